The van der Waals surface area contributed by atoms with Crippen LogP contribution in [0.15, 0.2) is 0 Å². The zero-order valence-corrected chi connectivity index (χ0v) is 8.54. The van der Waals surface area contributed by atoms with E-state index in [1.165, 1.54) is 0 Å². The van der Waals surface area contributed by atoms with Gasteiger partial charge in [0.2, 0.25) is 0 Å². The molecule has 0 spiro atoms. The first kappa shape index (κ1) is 11.0. The van der Waals surface area contributed by atoms with E-state index in [9.17, 15) is 9.59 Å². The second-order valence-corrected chi connectivity index (χ2v) is 4.76. The van der Waals surface area contributed by atoms with E-state index in [2.05, 4.69) is 0 Å². The van der Waals surface area contributed by atoms with Gasteiger partial charge in [-0.2, -0.15) is 0 Å². The van der Waals surface area contributed by atoms with Crippen LogP contribution in [0.3, 0.4) is 0 Å². The average Bonchev–Trinajstić information content (AvgIpc) is 2.03. The van der Waals surface area contributed by atoms with Crippen LogP contribution in [-0.4, -0.2) is 22.2 Å². The number of carboxylic acid groups (broad SMARTS) is 2. The van der Waals surface area contributed by atoms with Crippen LogP contribution in [0.5, 0.6) is 0 Å². The number of carbonyl (C=O) groups is 2. The molecule has 2 N–H and O–H groups in total. The molecule has 0 aliphatic heterocycles. The number of aliphatic carboxylic acids is 2. The molecule has 1 saturated carbocycles. The van der Waals surface area contributed by atoms with Crippen molar-refractivity contribution in [2.24, 2.45) is 10.8 Å². The molecular weight excluding hydrogens is 184 g/mol. The van der Waals surface area contributed by atoms with Gasteiger partial charge in [0.25, 0.3) is 0 Å². The van der Waals surface area contributed by atoms with E-state index in [0.717, 1.165) is 0 Å². The highest BCUT2D eigenvalue weighted by Gasteiger charge is 2.47. The van der Waals surface area contributed by atoms with Crippen LogP contribution in [0.1, 0.15) is 39.5 Å². The van der Waals surface area contributed by atoms with Crippen molar-refractivity contribution in [3.8, 4) is 0 Å². The minimum Gasteiger partial charge on any atom is -0.481 e. The van der Waals surface area contributed by atoms with Crippen molar-refractivity contribution in [2.75, 3.05) is 0 Å². The van der Waals surface area contributed by atoms with Gasteiger partial charge in [-0.15, -0.1) is 0 Å². The summed E-state index contributed by atoms with van der Waals surface area (Å²) in [5, 5.41) is 18.0. The van der Waals surface area contributed by atoms with Gasteiger partial charge in [-0.05, 0) is 33.1 Å². The summed E-state index contributed by atoms with van der Waals surface area (Å²) < 4.78 is 0. The van der Waals surface area contributed by atoms with Gasteiger partial charge in [0.15, 0.2) is 0 Å². The first-order valence-corrected chi connectivity index (χ1v) is 4.77. The van der Waals surface area contributed by atoms with Crippen molar-refractivity contribution in [1.29, 1.82) is 0 Å². The Balaban J connectivity index is 2.89. The van der Waals surface area contributed by atoms with Crippen molar-refractivity contribution in [2.45, 2.75) is 39.5 Å². The van der Waals surface area contributed by atoms with E-state index >= 15 is 0 Å². The van der Waals surface area contributed by atoms with Gasteiger partial charge >= 0.3 is 11.9 Å². The lowest BCUT2D eigenvalue weighted by molar-refractivity contribution is -0.160. The standard InChI is InChI=1S/C10H16O4/c1-9(7(11)12)4-3-5-10(2,6-9)8(13)14/h3-6H2,1-2H3,(H,11,12)(H,13,14). The maximum absolute atomic E-state index is 11.0. The average molecular weight is 200 g/mol. The molecule has 4 heteroatoms. The second kappa shape index (κ2) is 3.26. The molecule has 0 aromatic rings. The third-order valence-corrected chi connectivity index (χ3v) is 3.27. The number of hydrogen-bond acceptors (Lipinski definition) is 2. The molecule has 0 radical (unpaired) electrons. The van der Waals surface area contributed by atoms with Crippen LogP contribution < -0.4 is 0 Å². The summed E-state index contributed by atoms with van der Waals surface area (Å²) >= 11 is 0. The largest absolute Gasteiger partial charge is 0.481 e. The molecule has 0 aromatic heterocycles. The minimum absolute atomic E-state index is 0.227. The first-order chi connectivity index (χ1) is 6.30. The SMILES string of the molecule is CC1(C(=O)O)CCCC(C)(C(=O)O)C1. The number of hydrogen-bond donors (Lipinski definition) is 2. The molecule has 0 amide bonds. The molecule has 0 saturated heterocycles. The van der Waals surface area contributed by atoms with Gasteiger partial charge in [0.05, 0.1) is 10.8 Å². The highest BCUT2D eigenvalue weighted by molar-refractivity contribution is 5.79. The summed E-state index contributed by atoms with van der Waals surface area (Å²) in [6.45, 7) is 3.27. The number of carboxylic acids is 2. The summed E-state index contributed by atoms with van der Waals surface area (Å²) in [5.41, 5.74) is -1.74. The van der Waals surface area contributed by atoms with E-state index < -0.39 is 22.8 Å². The van der Waals surface area contributed by atoms with Crippen molar-refractivity contribution in [1.82, 2.24) is 0 Å². The van der Waals surface area contributed by atoms with Gasteiger partial charge in [-0.3, -0.25) is 9.59 Å². The Hall–Kier alpha value is -1.06. The summed E-state index contributed by atoms with van der Waals surface area (Å²) in [5.74, 6) is -1.77. The highest BCUT2D eigenvalue weighted by Crippen LogP contribution is 2.46. The van der Waals surface area contributed by atoms with Gasteiger partial charge in [0, 0.05) is 0 Å². The van der Waals surface area contributed by atoms with E-state index in [4.69, 9.17) is 10.2 Å². The topological polar surface area (TPSA) is 74.6 Å². The third kappa shape index (κ3) is 1.74. The van der Waals surface area contributed by atoms with E-state index in [1.54, 1.807) is 13.8 Å². The predicted molar refractivity (Wildman–Crippen MR) is 50.0 cm³/mol. The van der Waals surface area contributed by atoms with Crippen LogP contribution in [0, 0.1) is 10.8 Å². The van der Waals surface area contributed by atoms with E-state index in [1.807, 2.05) is 0 Å². The molecule has 14 heavy (non-hydrogen) atoms. The van der Waals surface area contributed by atoms with E-state index in [-0.39, 0.29) is 6.42 Å². The van der Waals surface area contributed by atoms with Crippen molar-refractivity contribution in [3.63, 3.8) is 0 Å². The Bertz CT molecular complexity index is 247. The molecule has 1 rings (SSSR count). The monoisotopic (exact) mass is 200 g/mol. The minimum atomic E-state index is -0.885. The Morgan fingerprint density at radius 2 is 1.36 bits per heavy atom. The molecular formula is C10H16O4. The lowest BCUT2D eigenvalue weighted by Crippen LogP contribution is -2.42. The molecule has 0 bridgehead atoms. The maximum Gasteiger partial charge on any atom is 0.309 e. The van der Waals surface area contributed by atoms with Gasteiger partial charge in [-0.1, -0.05) is 6.42 Å². The number of rotatable bonds is 2. The van der Waals surface area contributed by atoms with Crippen LogP contribution in [-0.2, 0) is 9.59 Å². The van der Waals surface area contributed by atoms with Crippen molar-refractivity contribution >= 4 is 11.9 Å². The quantitative estimate of drug-likeness (QED) is 0.712. The zero-order valence-electron chi connectivity index (χ0n) is 8.54. The molecule has 4 nitrogen and oxygen atoms in total. The molecule has 2 atom stereocenters. The molecule has 0 aromatic carbocycles. The van der Waals surface area contributed by atoms with Gasteiger partial charge in [-0.25, -0.2) is 0 Å². The zero-order chi connectivity index (χ0) is 11.0. The Morgan fingerprint density at radius 1 is 1.00 bits per heavy atom. The molecule has 0 heterocycles. The lowest BCUT2D eigenvalue weighted by atomic mass is 9.63. The van der Waals surface area contributed by atoms with Gasteiger partial charge in [0.1, 0.15) is 0 Å². The smallest absolute Gasteiger partial charge is 0.309 e. The summed E-state index contributed by atoms with van der Waals surface area (Å²) in [4.78, 5) is 22.0. The molecule has 1 fully saturated rings. The summed E-state index contributed by atoms with van der Waals surface area (Å²) in [7, 11) is 0. The fraction of sp³-hybridized carbons (Fsp3) is 0.800. The van der Waals surface area contributed by atoms with Crippen LogP contribution >= 0.6 is 0 Å². The van der Waals surface area contributed by atoms with Crippen LogP contribution in [0.25, 0.3) is 0 Å². The van der Waals surface area contributed by atoms with Crippen molar-refractivity contribution < 1.29 is 19.8 Å². The molecule has 1 aliphatic rings. The van der Waals surface area contributed by atoms with Crippen molar-refractivity contribution in [3.05, 3.63) is 0 Å². The Labute approximate surface area is 82.9 Å². The second-order valence-electron chi connectivity index (χ2n) is 4.76. The Kier molecular flexibility index (Phi) is 2.56. The maximum atomic E-state index is 11.0. The van der Waals surface area contributed by atoms with Crippen LogP contribution in [0.4, 0.5) is 0 Å². The molecule has 1 aliphatic carbocycles. The summed E-state index contributed by atoms with van der Waals surface area (Å²) in [6.07, 6.45) is 2.05. The van der Waals surface area contributed by atoms with Crippen LogP contribution in [0.2, 0.25) is 0 Å². The highest BCUT2D eigenvalue weighted by atomic mass is 16.4. The lowest BCUT2D eigenvalue weighted by Gasteiger charge is -2.39. The molecule has 80 valence electrons. The van der Waals surface area contributed by atoms with Gasteiger partial charge < -0.3 is 10.2 Å². The fourth-order valence-electron chi connectivity index (χ4n) is 2.27. The normalized spacial score (nSPS) is 37.9. The Morgan fingerprint density at radius 3 is 1.64 bits per heavy atom. The summed E-state index contributed by atoms with van der Waals surface area (Å²) in [6, 6.07) is 0. The van der Waals surface area contributed by atoms with E-state index in [0.29, 0.717) is 19.3 Å². The fourth-order valence-corrected chi connectivity index (χ4v) is 2.27. The predicted octanol–water partition coefficient (Wildman–Crippen LogP) is 1.74. The third-order valence-electron chi connectivity index (χ3n) is 3.27. The first-order valence-electron chi connectivity index (χ1n) is 4.77. The molecule has 2 unspecified atom stereocenters.